The smallest absolute Gasteiger partial charge is 0.319 e. The third-order valence-corrected chi connectivity index (χ3v) is 8.91. The van der Waals surface area contributed by atoms with E-state index in [1.54, 1.807) is 30.3 Å². The van der Waals surface area contributed by atoms with E-state index in [1.807, 2.05) is 66.7 Å². The zero-order chi connectivity index (χ0) is 31.8. The summed E-state index contributed by atoms with van der Waals surface area (Å²) in [6, 6.07) is 28.5. The molecule has 1 aliphatic heterocycles. The van der Waals surface area contributed by atoms with E-state index in [1.165, 1.54) is 24.9 Å². The quantitative estimate of drug-likeness (QED) is 0.110. The fourth-order valence-electron chi connectivity index (χ4n) is 5.24. The molecule has 4 aromatic rings. The van der Waals surface area contributed by atoms with Gasteiger partial charge in [0.15, 0.2) is 18.3 Å². The average Bonchev–Trinajstić information content (AvgIpc) is 3.05. The maximum atomic E-state index is 13.0. The van der Waals surface area contributed by atoms with E-state index in [2.05, 4.69) is 17.6 Å². The highest BCUT2D eigenvalue weighted by Crippen LogP contribution is 2.43. The topological polar surface area (TPSA) is 124 Å². The van der Waals surface area contributed by atoms with Gasteiger partial charge in [0.2, 0.25) is 0 Å². The van der Waals surface area contributed by atoms with Crippen LogP contribution in [0.15, 0.2) is 108 Å². The predicted octanol–water partition coefficient (Wildman–Crippen LogP) is 5.72. The molecule has 2 heterocycles. The van der Waals surface area contributed by atoms with Gasteiger partial charge in [-0.15, -0.1) is 0 Å². The Bertz CT molecular complexity index is 1590. The molecular formula is C35H37N3O6S. The summed E-state index contributed by atoms with van der Waals surface area (Å²) in [6.45, 7) is 3.47. The summed E-state index contributed by atoms with van der Waals surface area (Å²) < 4.78 is 13.9. The van der Waals surface area contributed by atoms with Crippen LogP contribution < -0.4 is 15.4 Å². The lowest BCUT2D eigenvalue weighted by molar-refractivity contribution is -0.645. The largest absolute Gasteiger partial charge is 0.618 e. The Labute approximate surface area is 267 Å². The molecule has 3 aromatic carbocycles. The molecule has 1 aliphatic rings. The van der Waals surface area contributed by atoms with Gasteiger partial charge in [0.05, 0.1) is 24.9 Å². The Hall–Kier alpha value is -4.22. The van der Waals surface area contributed by atoms with Crippen molar-refractivity contribution in [2.24, 2.45) is 5.92 Å². The molecule has 2 amide bonds. The molecule has 0 radical (unpaired) electrons. The number of ketones is 1. The fraction of sp³-hybridized carbons (Fsp3) is 0.286. The van der Waals surface area contributed by atoms with Crippen LogP contribution in [-0.2, 0) is 27.3 Å². The minimum atomic E-state index is -0.752. The first-order valence-electron chi connectivity index (χ1n) is 14.8. The number of hydrogen-bond donors (Lipinski definition) is 3. The number of carbonyl (C=O) groups is 2. The predicted molar refractivity (Wildman–Crippen MR) is 172 cm³/mol. The van der Waals surface area contributed by atoms with Crippen molar-refractivity contribution in [1.29, 1.82) is 0 Å². The van der Waals surface area contributed by atoms with Crippen LogP contribution in [0.4, 0.5) is 10.5 Å². The highest BCUT2D eigenvalue weighted by Gasteiger charge is 2.38. The van der Waals surface area contributed by atoms with Gasteiger partial charge in [0.1, 0.15) is 0 Å². The number of Topliss-reactive ketones (excluding diaryl/α,β-unsaturated/α-hetero) is 1. The molecule has 1 aromatic heterocycles. The van der Waals surface area contributed by atoms with E-state index in [9.17, 15) is 19.9 Å². The summed E-state index contributed by atoms with van der Waals surface area (Å²) in [5, 5.41) is 28.0. The van der Waals surface area contributed by atoms with Gasteiger partial charge < -0.3 is 30.4 Å². The fourth-order valence-corrected chi connectivity index (χ4v) is 6.32. The second-order valence-electron chi connectivity index (χ2n) is 11.1. The van der Waals surface area contributed by atoms with E-state index in [0.717, 1.165) is 21.4 Å². The van der Waals surface area contributed by atoms with Gasteiger partial charge in [-0.25, -0.2) is 4.79 Å². The van der Waals surface area contributed by atoms with Crippen LogP contribution >= 0.6 is 11.8 Å². The molecule has 0 spiro atoms. The zero-order valence-electron chi connectivity index (χ0n) is 25.2. The first kappa shape index (κ1) is 32.2. The Morgan fingerprint density at radius 1 is 0.933 bits per heavy atom. The normalized spacial score (nSPS) is 20.2. The van der Waals surface area contributed by atoms with Gasteiger partial charge in [-0.1, -0.05) is 85.4 Å². The molecule has 234 valence electrons. The molecule has 3 N–H and O–H groups in total. The van der Waals surface area contributed by atoms with Crippen molar-refractivity contribution >= 4 is 29.3 Å². The number of carbonyl (C=O) groups excluding carboxylic acids is 2. The highest BCUT2D eigenvalue weighted by atomic mass is 32.2. The van der Waals surface area contributed by atoms with Crippen molar-refractivity contribution in [1.82, 2.24) is 5.32 Å². The number of amides is 2. The summed E-state index contributed by atoms with van der Waals surface area (Å²) in [5.74, 6) is 0.325. The first-order chi connectivity index (χ1) is 21.8. The SMILES string of the molecule is CC(=O)[C@@H](Cc1ccccc1)NC(=O)Nc1cccc(C2O[C@H](CSc3cccc[n+]3[O-])[C@H](C)[C@H](c3ccc(CO)cc3)O2)c1. The van der Waals surface area contributed by atoms with Crippen LogP contribution in [0.3, 0.4) is 0 Å². The molecule has 10 heteroatoms. The van der Waals surface area contributed by atoms with Crippen molar-refractivity contribution in [2.75, 3.05) is 11.1 Å². The highest BCUT2D eigenvalue weighted by molar-refractivity contribution is 7.99. The number of urea groups is 1. The van der Waals surface area contributed by atoms with Crippen LogP contribution in [0.2, 0.25) is 0 Å². The van der Waals surface area contributed by atoms with Crippen molar-refractivity contribution < 1.29 is 28.9 Å². The van der Waals surface area contributed by atoms with Crippen molar-refractivity contribution in [3.8, 4) is 0 Å². The van der Waals surface area contributed by atoms with E-state index in [0.29, 0.717) is 28.5 Å². The van der Waals surface area contributed by atoms with Crippen LogP contribution in [-0.4, -0.2) is 34.8 Å². The van der Waals surface area contributed by atoms with Crippen molar-refractivity contribution in [2.45, 2.75) is 56.4 Å². The zero-order valence-corrected chi connectivity index (χ0v) is 26.0. The number of aliphatic hydroxyl groups is 1. The van der Waals surface area contributed by atoms with Gasteiger partial charge in [0, 0.05) is 35.1 Å². The Balaban J connectivity index is 1.32. The number of hydrogen-bond acceptors (Lipinski definition) is 7. The van der Waals surface area contributed by atoms with Crippen LogP contribution in [0.1, 0.15) is 48.5 Å². The Kier molecular flexibility index (Phi) is 10.9. The third kappa shape index (κ3) is 8.49. The average molecular weight is 628 g/mol. The number of anilines is 1. The van der Waals surface area contributed by atoms with Gasteiger partial charge in [-0.3, -0.25) is 4.79 Å². The summed E-state index contributed by atoms with van der Waals surface area (Å²) in [6.07, 6.45) is 0.510. The van der Waals surface area contributed by atoms with Crippen LogP contribution in [0.5, 0.6) is 0 Å². The Morgan fingerprint density at radius 3 is 2.40 bits per heavy atom. The summed E-state index contributed by atoms with van der Waals surface area (Å²) in [4.78, 5) is 25.2. The van der Waals surface area contributed by atoms with Crippen molar-refractivity contribution in [3.05, 3.63) is 131 Å². The summed E-state index contributed by atoms with van der Waals surface area (Å²) >= 11 is 1.42. The maximum Gasteiger partial charge on any atom is 0.319 e. The van der Waals surface area contributed by atoms with Gasteiger partial charge in [-0.2, -0.15) is 4.73 Å². The van der Waals surface area contributed by atoms with Crippen LogP contribution in [0, 0.1) is 11.1 Å². The molecule has 0 saturated carbocycles. The number of aliphatic hydroxyl groups excluding tert-OH is 1. The van der Waals surface area contributed by atoms with E-state index >= 15 is 0 Å². The monoisotopic (exact) mass is 627 g/mol. The van der Waals surface area contributed by atoms with Gasteiger partial charge >= 0.3 is 6.03 Å². The number of thioether (sulfide) groups is 1. The standard InChI is InChI=1S/C35H37N3O6S/c1-23-31(22-45-32-13-6-7-18-38(32)42)43-34(44-33(23)27-16-14-26(21-39)15-17-27)28-11-8-12-29(20-28)36-35(41)37-30(24(2)40)19-25-9-4-3-5-10-25/h3-18,20,23,30-31,33-34,39H,19,21-22H2,1-2H3,(H2,36,37,41)/t23-,30+,31+,33+,34?/m0/s1. The first-order valence-corrected chi connectivity index (χ1v) is 15.8. The number of nitrogens with one attached hydrogen (secondary N) is 2. The second-order valence-corrected chi connectivity index (χ2v) is 12.1. The minimum absolute atomic E-state index is 0.0502. The molecule has 1 fully saturated rings. The molecule has 9 nitrogen and oxygen atoms in total. The second kappa shape index (κ2) is 15.2. The number of rotatable bonds is 11. The Morgan fingerprint density at radius 2 is 1.69 bits per heavy atom. The number of aromatic nitrogens is 1. The van der Waals surface area contributed by atoms with Crippen LogP contribution in [0.25, 0.3) is 0 Å². The number of pyridine rings is 1. The lowest BCUT2D eigenvalue weighted by Crippen LogP contribution is -2.43. The number of ether oxygens (including phenoxy) is 2. The number of nitrogens with zero attached hydrogens (tertiary/aromatic N) is 1. The molecule has 1 unspecified atom stereocenters. The molecule has 5 atom stereocenters. The molecule has 1 saturated heterocycles. The molecular weight excluding hydrogens is 590 g/mol. The molecule has 5 rings (SSSR count). The van der Waals surface area contributed by atoms with Crippen molar-refractivity contribution in [3.63, 3.8) is 0 Å². The minimum Gasteiger partial charge on any atom is -0.618 e. The maximum absolute atomic E-state index is 13.0. The van der Waals surface area contributed by atoms with Gasteiger partial charge in [0.25, 0.3) is 5.03 Å². The molecule has 0 aliphatic carbocycles. The molecule has 45 heavy (non-hydrogen) atoms. The summed E-state index contributed by atoms with van der Waals surface area (Å²) in [7, 11) is 0. The summed E-state index contributed by atoms with van der Waals surface area (Å²) in [5.41, 5.74) is 3.93. The number of benzene rings is 3. The lowest BCUT2D eigenvalue weighted by atomic mass is 9.91. The lowest BCUT2D eigenvalue weighted by Gasteiger charge is -2.41. The van der Waals surface area contributed by atoms with E-state index < -0.39 is 18.4 Å². The van der Waals surface area contributed by atoms with Gasteiger partial charge in [-0.05, 0) is 48.2 Å². The third-order valence-electron chi connectivity index (χ3n) is 7.80. The van der Waals surface area contributed by atoms with E-state index in [-0.39, 0.29) is 30.5 Å². The molecule has 0 bridgehead atoms. The van der Waals surface area contributed by atoms with E-state index in [4.69, 9.17) is 9.47 Å².